The molecule has 0 radical (unpaired) electrons. The van der Waals surface area contributed by atoms with E-state index in [1.54, 1.807) is 0 Å². The van der Waals surface area contributed by atoms with Crippen LogP contribution < -0.4 is 9.80 Å². The Morgan fingerprint density at radius 2 is 0.923 bits per heavy atom. The minimum absolute atomic E-state index is 0.876. The van der Waals surface area contributed by atoms with Crippen LogP contribution in [0.3, 0.4) is 0 Å². The SMILES string of the molecule is c1ccc(-c2ccc(N(c3ccccc3)c3ccc4sc5cccc(N(c6ccccc6)c6ccc7c(c6)oc6ccccc67)c5c4c3)cc2)cc1. The molecule has 0 saturated heterocycles. The molecule has 10 rings (SSSR count). The van der Waals surface area contributed by atoms with Crippen molar-refractivity contribution in [3.63, 3.8) is 0 Å². The van der Waals surface area contributed by atoms with Crippen LogP contribution in [0.5, 0.6) is 0 Å². The van der Waals surface area contributed by atoms with Crippen molar-refractivity contribution >= 4 is 87.6 Å². The molecule has 0 bridgehead atoms. The van der Waals surface area contributed by atoms with Crippen molar-refractivity contribution in [3.8, 4) is 11.1 Å². The molecule has 10 aromatic rings. The number of rotatable bonds is 7. The molecule has 246 valence electrons. The van der Waals surface area contributed by atoms with Crippen LogP contribution in [0, 0.1) is 0 Å². The summed E-state index contributed by atoms with van der Waals surface area (Å²) in [5, 5.41) is 4.70. The Morgan fingerprint density at radius 3 is 1.69 bits per heavy atom. The number of furan rings is 1. The van der Waals surface area contributed by atoms with E-state index >= 15 is 0 Å². The molecule has 0 amide bonds. The first-order valence-corrected chi connectivity index (χ1v) is 18.3. The summed E-state index contributed by atoms with van der Waals surface area (Å²) in [5.41, 5.74) is 10.8. The van der Waals surface area contributed by atoms with Crippen molar-refractivity contribution in [1.29, 1.82) is 0 Å². The second-order valence-electron chi connectivity index (χ2n) is 13.0. The molecule has 0 aliphatic heterocycles. The first kappa shape index (κ1) is 30.2. The topological polar surface area (TPSA) is 19.6 Å². The van der Waals surface area contributed by atoms with Gasteiger partial charge in [0.25, 0.3) is 0 Å². The van der Waals surface area contributed by atoms with Gasteiger partial charge in [-0.05, 0) is 96.1 Å². The van der Waals surface area contributed by atoms with Gasteiger partial charge in [-0.25, -0.2) is 0 Å². The summed E-state index contributed by atoms with van der Waals surface area (Å²) in [6, 6.07) is 69.1. The van der Waals surface area contributed by atoms with Crippen molar-refractivity contribution in [1.82, 2.24) is 0 Å². The number of anilines is 6. The highest BCUT2D eigenvalue weighted by molar-refractivity contribution is 7.26. The van der Waals surface area contributed by atoms with Crippen molar-refractivity contribution < 1.29 is 4.42 Å². The van der Waals surface area contributed by atoms with Crippen molar-refractivity contribution in [2.75, 3.05) is 9.80 Å². The third kappa shape index (κ3) is 5.20. The maximum atomic E-state index is 6.39. The van der Waals surface area contributed by atoms with Gasteiger partial charge in [0.15, 0.2) is 0 Å². The van der Waals surface area contributed by atoms with E-state index in [-0.39, 0.29) is 0 Å². The zero-order chi connectivity index (χ0) is 34.4. The van der Waals surface area contributed by atoms with Gasteiger partial charge in [0.1, 0.15) is 11.2 Å². The number of para-hydroxylation sites is 3. The van der Waals surface area contributed by atoms with Gasteiger partial charge in [-0.3, -0.25) is 0 Å². The van der Waals surface area contributed by atoms with E-state index in [9.17, 15) is 0 Å². The predicted octanol–water partition coefficient (Wildman–Crippen LogP) is 14.6. The number of thiophene rings is 1. The summed E-state index contributed by atoms with van der Waals surface area (Å²) in [6.07, 6.45) is 0. The van der Waals surface area contributed by atoms with E-state index in [2.05, 4.69) is 192 Å². The van der Waals surface area contributed by atoms with Crippen molar-refractivity contribution in [3.05, 3.63) is 194 Å². The van der Waals surface area contributed by atoms with Gasteiger partial charge in [-0.15, -0.1) is 11.3 Å². The summed E-state index contributed by atoms with van der Waals surface area (Å²) < 4.78 is 8.88. The average molecular weight is 685 g/mol. The Hall–Kier alpha value is -6.62. The van der Waals surface area contributed by atoms with Gasteiger partial charge >= 0.3 is 0 Å². The minimum Gasteiger partial charge on any atom is -0.456 e. The maximum Gasteiger partial charge on any atom is 0.137 e. The molecule has 4 heteroatoms. The molecule has 0 unspecified atom stereocenters. The van der Waals surface area contributed by atoms with E-state index in [4.69, 9.17) is 4.42 Å². The fourth-order valence-corrected chi connectivity index (χ4v) is 8.54. The fourth-order valence-electron chi connectivity index (χ4n) is 7.44. The van der Waals surface area contributed by atoms with E-state index < -0.39 is 0 Å². The molecule has 0 spiro atoms. The molecular weight excluding hydrogens is 653 g/mol. The zero-order valence-electron chi connectivity index (χ0n) is 28.2. The molecule has 0 aliphatic carbocycles. The van der Waals surface area contributed by atoms with Crippen LogP contribution in [-0.2, 0) is 0 Å². The number of fused-ring (bicyclic) bond motifs is 6. The van der Waals surface area contributed by atoms with Gasteiger partial charge in [0, 0.05) is 65.4 Å². The second-order valence-corrected chi connectivity index (χ2v) is 14.1. The van der Waals surface area contributed by atoms with Crippen molar-refractivity contribution in [2.45, 2.75) is 0 Å². The van der Waals surface area contributed by atoms with Crippen LogP contribution in [0.1, 0.15) is 0 Å². The molecule has 0 fully saturated rings. The van der Waals surface area contributed by atoms with Gasteiger partial charge in [-0.1, -0.05) is 103 Å². The molecular formula is C48H32N2OS. The highest BCUT2D eigenvalue weighted by Crippen LogP contribution is 2.47. The lowest BCUT2D eigenvalue weighted by molar-refractivity contribution is 0.669. The molecule has 0 aliphatic rings. The van der Waals surface area contributed by atoms with E-state index in [1.165, 1.54) is 31.3 Å². The zero-order valence-corrected chi connectivity index (χ0v) is 29.0. The minimum atomic E-state index is 0.876. The average Bonchev–Trinajstić information content (AvgIpc) is 3.78. The lowest BCUT2D eigenvalue weighted by Gasteiger charge is -2.27. The first-order valence-electron chi connectivity index (χ1n) is 17.5. The van der Waals surface area contributed by atoms with Crippen LogP contribution >= 0.6 is 11.3 Å². The number of hydrogen-bond donors (Lipinski definition) is 0. The molecule has 0 saturated carbocycles. The van der Waals surface area contributed by atoms with E-state index in [1.807, 2.05) is 23.5 Å². The van der Waals surface area contributed by atoms with Crippen LogP contribution in [0.15, 0.2) is 199 Å². The third-order valence-electron chi connectivity index (χ3n) is 9.84. The van der Waals surface area contributed by atoms with Crippen LogP contribution in [-0.4, -0.2) is 0 Å². The lowest BCUT2D eigenvalue weighted by Crippen LogP contribution is -2.10. The van der Waals surface area contributed by atoms with Crippen LogP contribution in [0.4, 0.5) is 34.1 Å². The monoisotopic (exact) mass is 684 g/mol. The second kappa shape index (κ2) is 12.6. The van der Waals surface area contributed by atoms with Crippen LogP contribution in [0.2, 0.25) is 0 Å². The normalized spacial score (nSPS) is 11.5. The highest BCUT2D eigenvalue weighted by atomic mass is 32.1. The van der Waals surface area contributed by atoms with E-state index in [0.717, 1.165) is 56.1 Å². The Balaban J connectivity index is 1.15. The summed E-state index contributed by atoms with van der Waals surface area (Å²) >= 11 is 1.84. The van der Waals surface area contributed by atoms with Gasteiger partial charge < -0.3 is 14.2 Å². The summed E-state index contributed by atoms with van der Waals surface area (Å²) in [6.45, 7) is 0. The number of hydrogen-bond acceptors (Lipinski definition) is 4. The Morgan fingerprint density at radius 1 is 0.346 bits per heavy atom. The van der Waals surface area contributed by atoms with Gasteiger partial charge in [-0.2, -0.15) is 0 Å². The van der Waals surface area contributed by atoms with Gasteiger partial charge in [0.2, 0.25) is 0 Å². The molecule has 2 aromatic heterocycles. The quantitative estimate of drug-likeness (QED) is 0.167. The molecule has 8 aromatic carbocycles. The largest absolute Gasteiger partial charge is 0.456 e. The predicted molar refractivity (Wildman–Crippen MR) is 221 cm³/mol. The summed E-state index contributed by atoms with van der Waals surface area (Å²) in [7, 11) is 0. The van der Waals surface area contributed by atoms with Gasteiger partial charge in [0.05, 0.1) is 5.69 Å². The third-order valence-corrected chi connectivity index (χ3v) is 11.0. The Bertz CT molecular complexity index is 2840. The Labute approximate surface area is 305 Å². The molecule has 0 atom stereocenters. The van der Waals surface area contributed by atoms with Crippen LogP contribution in [0.25, 0.3) is 53.2 Å². The Kier molecular flexibility index (Phi) is 7.33. The smallest absolute Gasteiger partial charge is 0.137 e. The highest BCUT2D eigenvalue weighted by Gasteiger charge is 2.21. The molecule has 3 nitrogen and oxygen atoms in total. The maximum absolute atomic E-state index is 6.39. The lowest BCUT2D eigenvalue weighted by atomic mass is 10.0. The molecule has 52 heavy (non-hydrogen) atoms. The molecule has 0 N–H and O–H groups in total. The fraction of sp³-hybridized carbons (Fsp3) is 0. The van der Waals surface area contributed by atoms with E-state index in [0.29, 0.717) is 0 Å². The standard InChI is InChI=1S/C48H32N2OS/c1-4-13-33(14-5-1)34-23-25-37(26-24-34)49(35-15-6-2-7-16-35)38-28-30-46-42(31-38)48-43(20-12-22-47(48)52-46)50(36-17-8-3-9-18-36)39-27-29-41-40-19-10-11-21-44(40)51-45(41)32-39/h1-32H. The number of benzene rings is 8. The number of nitrogens with zero attached hydrogens (tertiary/aromatic N) is 2. The van der Waals surface area contributed by atoms with Crippen molar-refractivity contribution in [2.24, 2.45) is 0 Å². The first-order chi connectivity index (χ1) is 25.8. The summed E-state index contributed by atoms with van der Waals surface area (Å²) in [5.74, 6) is 0. The summed E-state index contributed by atoms with van der Waals surface area (Å²) in [4.78, 5) is 4.72. The molecule has 2 heterocycles.